The van der Waals surface area contributed by atoms with Crippen LogP contribution >= 0.6 is 0 Å². The molecule has 0 spiro atoms. The lowest BCUT2D eigenvalue weighted by Gasteiger charge is -2.20. The Morgan fingerprint density at radius 1 is 1.35 bits per heavy atom. The number of benzene rings is 1. The molecular formula is C16H21N3O. The Morgan fingerprint density at radius 2 is 2.15 bits per heavy atom. The van der Waals surface area contributed by atoms with Crippen LogP contribution in [0.5, 0.6) is 0 Å². The van der Waals surface area contributed by atoms with Gasteiger partial charge in [0.2, 0.25) is 5.91 Å². The van der Waals surface area contributed by atoms with Gasteiger partial charge in [-0.25, -0.2) is 4.98 Å². The Labute approximate surface area is 119 Å². The number of nitrogens with zero attached hydrogens (tertiary/aromatic N) is 1. The molecule has 4 heteroatoms. The third kappa shape index (κ3) is 2.84. The van der Waals surface area contributed by atoms with Crippen LogP contribution in [0.4, 0.5) is 0 Å². The van der Waals surface area contributed by atoms with Crippen LogP contribution in [0.25, 0.3) is 11.0 Å². The average Bonchev–Trinajstić information content (AvgIpc) is 2.87. The third-order valence-electron chi connectivity index (χ3n) is 4.09. The fourth-order valence-electron chi connectivity index (χ4n) is 2.94. The minimum Gasteiger partial charge on any atom is -0.349 e. The van der Waals surface area contributed by atoms with Crippen molar-refractivity contribution in [1.29, 1.82) is 0 Å². The largest absolute Gasteiger partial charge is 0.349 e. The molecule has 1 aliphatic rings. The van der Waals surface area contributed by atoms with E-state index in [2.05, 4.69) is 28.3 Å². The summed E-state index contributed by atoms with van der Waals surface area (Å²) in [7, 11) is 0. The number of aromatic nitrogens is 2. The first-order valence-electron chi connectivity index (χ1n) is 7.45. The molecule has 0 atom stereocenters. The van der Waals surface area contributed by atoms with Gasteiger partial charge in [0.1, 0.15) is 5.82 Å². The van der Waals surface area contributed by atoms with E-state index in [1.165, 1.54) is 24.8 Å². The molecule has 3 rings (SSSR count). The fraction of sp³-hybridized carbons (Fsp3) is 0.500. The summed E-state index contributed by atoms with van der Waals surface area (Å²) >= 11 is 0. The molecule has 0 aliphatic heterocycles. The van der Waals surface area contributed by atoms with Crippen molar-refractivity contribution in [3.05, 3.63) is 29.6 Å². The number of amides is 1. The van der Waals surface area contributed by atoms with E-state index in [4.69, 9.17) is 0 Å². The molecule has 106 valence electrons. The zero-order chi connectivity index (χ0) is 13.9. The number of nitrogens with one attached hydrogen (secondary N) is 2. The maximum absolute atomic E-state index is 12.1. The highest BCUT2D eigenvalue weighted by molar-refractivity contribution is 5.79. The summed E-state index contributed by atoms with van der Waals surface area (Å²) < 4.78 is 0. The highest BCUT2D eigenvalue weighted by Gasteiger charge is 2.20. The van der Waals surface area contributed by atoms with E-state index < -0.39 is 0 Å². The SMILES string of the molecule is Cc1ccc2nc(CNC(=O)C3CCCCC3)[nH]c2c1. The van der Waals surface area contributed by atoms with E-state index in [0.717, 1.165) is 29.7 Å². The van der Waals surface area contributed by atoms with Crippen LogP contribution < -0.4 is 5.32 Å². The van der Waals surface area contributed by atoms with Gasteiger partial charge in [0, 0.05) is 5.92 Å². The highest BCUT2D eigenvalue weighted by atomic mass is 16.1. The zero-order valence-corrected chi connectivity index (χ0v) is 11.9. The van der Waals surface area contributed by atoms with E-state index in [-0.39, 0.29) is 11.8 Å². The van der Waals surface area contributed by atoms with E-state index >= 15 is 0 Å². The van der Waals surface area contributed by atoms with E-state index in [0.29, 0.717) is 6.54 Å². The van der Waals surface area contributed by atoms with Gasteiger partial charge in [-0.1, -0.05) is 25.3 Å². The monoisotopic (exact) mass is 271 g/mol. The summed E-state index contributed by atoms with van der Waals surface area (Å²) in [5.74, 6) is 1.21. The minimum absolute atomic E-state index is 0.182. The van der Waals surface area contributed by atoms with Crippen LogP contribution in [0.1, 0.15) is 43.5 Å². The van der Waals surface area contributed by atoms with Crippen molar-refractivity contribution in [2.45, 2.75) is 45.6 Å². The first-order valence-corrected chi connectivity index (χ1v) is 7.45. The lowest BCUT2D eigenvalue weighted by atomic mass is 9.89. The quantitative estimate of drug-likeness (QED) is 0.901. The molecule has 1 aromatic carbocycles. The van der Waals surface area contributed by atoms with Gasteiger partial charge in [0.15, 0.2) is 0 Å². The molecule has 1 heterocycles. The summed E-state index contributed by atoms with van der Waals surface area (Å²) in [6.45, 7) is 2.55. The maximum atomic E-state index is 12.1. The van der Waals surface area contributed by atoms with Crippen LogP contribution in [0.15, 0.2) is 18.2 Å². The Bertz CT molecular complexity index is 611. The van der Waals surface area contributed by atoms with Gasteiger partial charge < -0.3 is 10.3 Å². The Hall–Kier alpha value is -1.84. The van der Waals surface area contributed by atoms with Gasteiger partial charge in [-0.05, 0) is 37.5 Å². The molecule has 1 fully saturated rings. The van der Waals surface area contributed by atoms with Crippen molar-refractivity contribution >= 4 is 16.9 Å². The van der Waals surface area contributed by atoms with Gasteiger partial charge >= 0.3 is 0 Å². The maximum Gasteiger partial charge on any atom is 0.223 e. The Morgan fingerprint density at radius 3 is 2.95 bits per heavy atom. The predicted molar refractivity (Wildman–Crippen MR) is 79.3 cm³/mol. The van der Waals surface area contributed by atoms with Crippen LogP contribution in [0.3, 0.4) is 0 Å². The number of aromatic amines is 1. The summed E-state index contributed by atoms with van der Waals surface area (Å²) in [5.41, 5.74) is 3.20. The molecule has 0 saturated heterocycles. The normalized spacial score (nSPS) is 16.4. The summed E-state index contributed by atoms with van der Waals surface area (Å²) in [4.78, 5) is 19.9. The van der Waals surface area contributed by atoms with Crippen LogP contribution in [-0.4, -0.2) is 15.9 Å². The van der Waals surface area contributed by atoms with Gasteiger partial charge in [0.25, 0.3) is 0 Å². The highest BCUT2D eigenvalue weighted by Crippen LogP contribution is 2.23. The standard InChI is InChI=1S/C16H21N3O/c1-11-7-8-13-14(9-11)19-15(18-13)10-17-16(20)12-5-3-2-4-6-12/h7-9,12H,2-6,10H2,1H3,(H,17,20)(H,18,19). The van der Waals surface area contributed by atoms with Crippen molar-refractivity contribution in [2.75, 3.05) is 0 Å². The second-order valence-electron chi connectivity index (χ2n) is 5.76. The molecule has 1 amide bonds. The summed E-state index contributed by atoms with van der Waals surface area (Å²) in [5, 5.41) is 3.01. The number of carbonyl (C=O) groups is 1. The van der Waals surface area contributed by atoms with Crippen molar-refractivity contribution in [3.63, 3.8) is 0 Å². The average molecular weight is 271 g/mol. The second kappa shape index (κ2) is 5.65. The molecule has 0 radical (unpaired) electrons. The van der Waals surface area contributed by atoms with Gasteiger partial charge in [0.05, 0.1) is 17.6 Å². The van der Waals surface area contributed by atoms with Crippen molar-refractivity contribution < 1.29 is 4.79 Å². The Balaban J connectivity index is 1.63. The number of carbonyl (C=O) groups excluding carboxylic acids is 1. The van der Waals surface area contributed by atoms with E-state index in [1.807, 2.05) is 12.1 Å². The van der Waals surface area contributed by atoms with Crippen LogP contribution in [0.2, 0.25) is 0 Å². The molecule has 0 bridgehead atoms. The number of aryl methyl sites for hydroxylation is 1. The lowest BCUT2D eigenvalue weighted by molar-refractivity contribution is -0.126. The van der Waals surface area contributed by atoms with E-state index in [9.17, 15) is 4.79 Å². The fourth-order valence-corrected chi connectivity index (χ4v) is 2.94. The molecular weight excluding hydrogens is 250 g/mol. The van der Waals surface area contributed by atoms with Crippen LogP contribution in [-0.2, 0) is 11.3 Å². The Kier molecular flexibility index (Phi) is 3.72. The third-order valence-corrected chi connectivity index (χ3v) is 4.09. The van der Waals surface area contributed by atoms with Crippen molar-refractivity contribution in [1.82, 2.24) is 15.3 Å². The predicted octanol–water partition coefficient (Wildman–Crippen LogP) is 3.07. The molecule has 20 heavy (non-hydrogen) atoms. The topological polar surface area (TPSA) is 57.8 Å². The molecule has 4 nitrogen and oxygen atoms in total. The summed E-state index contributed by atoms with van der Waals surface area (Å²) in [6, 6.07) is 6.13. The number of rotatable bonds is 3. The van der Waals surface area contributed by atoms with E-state index in [1.54, 1.807) is 0 Å². The first-order chi connectivity index (χ1) is 9.72. The van der Waals surface area contributed by atoms with Crippen molar-refractivity contribution in [2.24, 2.45) is 5.92 Å². The van der Waals surface area contributed by atoms with Gasteiger partial charge in [-0.2, -0.15) is 0 Å². The molecule has 0 unspecified atom stereocenters. The number of imidazole rings is 1. The summed E-state index contributed by atoms with van der Waals surface area (Å²) in [6.07, 6.45) is 5.70. The number of fused-ring (bicyclic) bond motifs is 1. The van der Waals surface area contributed by atoms with Crippen molar-refractivity contribution in [3.8, 4) is 0 Å². The number of hydrogen-bond donors (Lipinski definition) is 2. The van der Waals surface area contributed by atoms with Gasteiger partial charge in [-0.15, -0.1) is 0 Å². The molecule has 1 aliphatic carbocycles. The van der Waals surface area contributed by atoms with Gasteiger partial charge in [-0.3, -0.25) is 4.79 Å². The molecule has 1 aromatic heterocycles. The molecule has 1 saturated carbocycles. The zero-order valence-electron chi connectivity index (χ0n) is 11.9. The minimum atomic E-state index is 0.182. The molecule has 2 N–H and O–H groups in total. The second-order valence-corrected chi connectivity index (χ2v) is 5.76. The van der Waals surface area contributed by atoms with Crippen LogP contribution in [0, 0.1) is 12.8 Å². The first kappa shape index (κ1) is 13.2. The number of hydrogen-bond acceptors (Lipinski definition) is 2. The smallest absolute Gasteiger partial charge is 0.223 e. The number of H-pyrrole nitrogens is 1. The lowest BCUT2D eigenvalue weighted by Crippen LogP contribution is -2.31. The molecule has 2 aromatic rings.